The first-order valence-electron chi connectivity index (χ1n) is 2.83. The second kappa shape index (κ2) is 5.72. The molecule has 0 spiro atoms. The van der Waals surface area contributed by atoms with Gasteiger partial charge in [0.15, 0.2) is 17.4 Å². The Hall–Kier alpha value is 0.0599. The predicted molar refractivity (Wildman–Crippen MR) is 51.7 cm³/mol. The van der Waals surface area contributed by atoms with Gasteiger partial charge < -0.3 is 7.16 Å². The zero-order valence-corrected chi connectivity index (χ0v) is 7.38. The molecule has 0 fully saturated rings. The van der Waals surface area contributed by atoms with Crippen molar-refractivity contribution in [1.82, 2.24) is 0 Å². The molecule has 0 bridgehead atoms. The van der Waals surface area contributed by atoms with Crippen molar-refractivity contribution in [1.29, 1.82) is 0 Å². The topological polar surface area (TPSA) is 80.4 Å². The monoisotopic (exact) mass is 211 g/mol. The van der Waals surface area contributed by atoms with Crippen LogP contribution in [-0.2, 0) is 10.1 Å². The van der Waals surface area contributed by atoms with Crippen molar-refractivity contribution < 1.29 is 33.3 Å². The van der Waals surface area contributed by atoms with Gasteiger partial charge in [0.25, 0.3) is 10.1 Å². The Kier molecular flexibility index (Phi) is 6.83. The molecule has 0 saturated carbocycles. The van der Waals surface area contributed by atoms with Crippen LogP contribution in [0.25, 0.3) is 0 Å². The molecular weight excluding hydrogens is 200 g/mol. The Morgan fingerprint density at radius 3 is 1.92 bits per heavy atom. The SMILES string of the molecule is Nc1ccc(S(=O)(=O)O)cc1.[AlH3].[H-].[Li+]. The maximum Gasteiger partial charge on any atom is 1.00 e. The van der Waals surface area contributed by atoms with Gasteiger partial charge in [-0.15, -0.1) is 0 Å². The molecule has 7 heteroatoms. The van der Waals surface area contributed by atoms with Crippen molar-refractivity contribution in [2.24, 2.45) is 0 Å². The maximum absolute atomic E-state index is 10.5. The van der Waals surface area contributed by atoms with Crippen LogP contribution in [0.5, 0.6) is 0 Å². The van der Waals surface area contributed by atoms with Crippen LogP contribution in [-0.4, -0.2) is 30.3 Å². The zero-order valence-electron chi connectivity index (χ0n) is 7.56. The molecule has 0 radical (unpaired) electrons. The second-order valence-electron chi connectivity index (χ2n) is 2.04. The van der Waals surface area contributed by atoms with E-state index in [0.717, 1.165) is 0 Å². The van der Waals surface area contributed by atoms with E-state index in [2.05, 4.69) is 0 Å². The molecule has 0 aliphatic heterocycles. The Bertz CT molecular complexity index is 356. The van der Waals surface area contributed by atoms with E-state index in [4.69, 9.17) is 10.3 Å². The van der Waals surface area contributed by atoms with Gasteiger partial charge in [-0.05, 0) is 24.3 Å². The van der Waals surface area contributed by atoms with Crippen LogP contribution in [0.1, 0.15) is 1.43 Å². The summed E-state index contributed by atoms with van der Waals surface area (Å²) in [5, 5.41) is 0. The molecule has 1 rings (SSSR count). The summed E-state index contributed by atoms with van der Waals surface area (Å²) in [6.45, 7) is 0. The number of benzene rings is 1. The fourth-order valence-corrected chi connectivity index (χ4v) is 1.12. The molecule has 0 heterocycles. The van der Waals surface area contributed by atoms with Crippen molar-refractivity contribution >= 4 is 33.2 Å². The van der Waals surface area contributed by atoms with Crippen LogP contribution in [0.3, 0.4) is 0 Å². The number of rotatable bonds is 1. The molecule has 0 aliphatic carbocycles. The van der Waals surface area contributed by atoms with Crippen LogP contribution in [0.2, 0.25) is 0 Å². The average molecular weight is 211 g/mol. The van der Waals surface area contributed by atoms with Gasteiger partial charge in [-0.2, -0.15) is 8.42 Å². The van der Waals surface area contributed by atoms with Crippen LogP contribution in [0, 0.1) is 0 Å². The van der Waals surface area contributed by atoms with E-state index in [1.54, 1.807) is 0 Å². The van der Waals surface area contributed by atoms with E-state index in [1.807, 2.05) is 0 Å². The Labute approximate surface area is 101 Å². The van der Waals surface area contributed by atoms with E-state index in [-0.39, 0.29) is 42.5 Å². The van der Waals surface area contributed by atoms with E-state index >= 15 is 0 Å². The first-order valence-corrected chi connectivity index (χ1v) is 4.27. The van der Waals surface area contributed by atoms with E-state index in [1.165, 1.54) is 24.3 Å². The average Bonchev–Trinajstić information content (AvgIpc) is 1.86. The van der Waals surface area contributed by atoms with Gasteiger partial charge in [0.2, 0.25) is 0 Å². The molecule has 0 atom stereocenters. The molecule has 0 saturated heterocycles. The van der Waals surface area contributed by atoms with Gasteiger partial charge in [-0.25, -0.2) is 0 Å². The maximum atomic E-state index is 10.5. The van der Waals surface area contributed by atoms with Crippen molar-refractivity contribution in [3.8, 4) is 0 Å². The van der Waals surface area contributed by atoms with E-state index in [9.17, 15) is 8.42 Å². The van der Waals surface area contributed by atoms with Crippen molar-refractivity contribution in [2.45, 2.75) is 4.90 Å². The van der Waals surface area contributed by atoms with Gasteiger partial charge in [0, 0.05) is 5.69 Å². The van der Waals surface area contributed by atoms with Gasteiger partial charge in [-0.1, -0.05) is 0 Å². The van der Waals surface area contributed by atoms with Crippen molar-refractivity contribution in [3.63, 3.8) is 0 Å². The molecule has 3 N–H and O–H groups in total. The molecule has 0 aromatic heterocycles. The zero-order chi connectivity index (χ0) is 8.48. The molecule has 13 heavy (non-hydrogen) atoms. The minimum Gasteiger partial charge on any atom is -1.00 e. The first kappa shape index (κ1) is 15.5. The standard InChI is InChI=1S/C6H7NO3S.Al.Li.4H/c7-5-1-3-6(4-2-5)11(8,9)10;;;;;;/h1-4H,7H2,(H,8,9,10);;;;;;/q;;+1;;;;-1. The normalized spacial score (nSPS) is 9.62. The summed E-state index contributed by atoms with van der Waals surface area (Å²) >= 11 is 0. The van der Waals surface area contributed by atoms with Gasteiger partial charge in [0.1, 0.15) is 0 Å². The van der Waals surface area contributed by atoms with E-state index in [0.29, 0.717) is 5.69 Å². The van der Waals surface area contributed by atoms with Gasteiger partial charge in [-0.3, -0.25) is 4.55 Å². The quantitative estimate of drug-likeness (QED) is 0.286. The third kappa shape index (κ3) is 4.73. The van der Waals surface area contributed by atoms with E-state index < -0.39 is 10.1 Å². The third-order valence-electron chi connectivity index (χ3n) is 1.18. The summed E-state index contributed by atoms with van der Waals surface area (Å²) in [6, 6.07) is 5.29. The number of nitrogen functional groups attached to an aromatic ring is 1. The minimum absolute atomic E-state index is 0. The Morgan fingerprint density at radius 2 is 1.62 bits per heavy atom. The molecule has 1 aromatic rings. The molecule has 68 valence electrons. The summed E-state index contributed by atoms with van der Waals surface area (Å²) in [5.74, 6) is 0. The minimum atomic E-state index is -4.08. The Balaban J connectivity index is -0.000000403. The van der Waals surface area contributed by atoms with Gasteiger partial charge in [0.05, 0.1) is 4.90 Å². The molecular formula is C6H11AlLiNO3S. The molecule has 1 aromatic carbocycles. The van der Waals surface area contributed by atoms with Crippen LogP contribution in [0.15, 0.2) is 29.2 Å². The third-order valence-corrected chi connectivity index (χ3v) is 2.05. The molecule has 0 unspecified atom stereocenters. The number of hydrogen-bond donors (Lipinski definition) is 2. The number of anilines is 1. The molecule has 4 nitrogen and oxygen atoms in total. The summed E-state index contributed by atoms with van der Waals surface area (Å²) in [5.41, 5.74) is 5.75. The van der Waals surface area contributed by atoms with Crippen molar-refractivity contribution in [2.75, 3.05) is 5.73 Å². The summed E-state index contributed by atoms with van der Waals surface area (Å²) in [7, 11) is -4.08. The first-order chi connectivity index (χ1) is 5.00. The van der Waals surface area contributed by atoms with Crippen molar-refractivity contribution in [3.05, 3.63) is 24.3 Å². The van der Waals surface area contributed by atoms with Crippen LogP contribution in [0.4, 0.5) is 5.69 Å². The second-order valence-corrected chi connectivity index (χ2v) is 3.47. The summed E-state index contributed by atoms with van der Waals surface area (Å²) in [4.78, 5) is -0.147. The Morgan fingerprint density at radius 1 is 1.23 bits per heavy atom. The van der Waals surface area contributed by atoms with Gasteiger partial charge >= 0.3 is 18.9 Å². The molecule has 0 amide bonds. The van der Waals surface area contributed by atoms with Crippen LogP contribution < -0.4 is 24.6 Å². The fraction of sp³-hybridized carbons (Fsp3) is 0. The number of hydrogen-bond acceptors (Lipinski definition) is 3. The molecule has 0 aliphatic rings. The summed E-state index contributed by atoms with van der Waals surface area (Å²) < 4.78 is 29.4. The summed E-state index contributed by atoms with van der Waals surface area (Å²) in [6.07, 6.45) is 0. The number of nitrogens with two attached hydrogens (primary N) is 1. The smallest absolute Gasteiger partial charge is 1.00 e. The predicted octanol–water partition coefficient (Wildman–Crippen LogP) is -3.55. The van der Waals surface area contributed by atoms with Crippen LogP contribution >= 0.6 is 0 Å². The largest absolute Gasteiger partial charge is 1.00 e. The fourth-order valence-electron chi connectivity index (χ4n) is 0.640.